The minimum Gasteiger partial charge on any atom is -0.497 e. The molecule has 2 heterocycles. The quantitative estimate of drug-likeness (QED) is 0.647. The van der Waals surface area contributed by atoms with E-state index in [1.54, 1.807) is 25.2 Å². The number of nitrogens with zero attached hydrogens (tertiary/aromatic N) is 6. The highest BCUT2D eigenvalue weighted by atomic mass is 32.2. The fourth-order valence-electron chi connectivity index (χ4n) is 2.30. The van der Waals surface area contributed by atoms with Crippen molar-refractivity contribution in [2.45, 2.75) is 25.2 Å². The summed E-state index contributed by atoms with van der Waals surface area (Å²) in [5.74, 6) is 3.21. The van der Waals surface area contributed by atoms with E-state index in [1.807, 2.05) is 40.3 Å². The molecule has 1 aromatic carbocycles. The summed E-state index contributed by atoms with van der Waals surface area (Å²) in [5, 5.41) is 17.1. The molecule has 0 atom stereocenters. The first-order chi connectivity index (χ1) is 11.7. The summed E-state index contributed by atoms with van der Waals surface area (Å²) in [6.07, 6.45) is 1.73. The molecule has 0 aliphatic heterocycles. The third-order valence-electron chi connectivity index (χ3n) is 3.57. The zero-order valence-corrected chi connectivity index (χ0v) is 14.4. The third kappa shape index (κ3) is 3.41. The van der Waals surface area contributed by atoms with Crippen molar-refractivity contribution in [3.8, 4) is 11.4 Å². The van der Waals surface area contributed by atoms with Gasteiger partial charge in [-0.05, 0) is 19.1 Å². The maximum absolute atomic E-state index is 5.81. The molecule has 24 heavy (non-hydrogen) atoms. The minimum atomic E-state index is 0.315. The van der Waals surface area contributed by atoms with Crippen LogP contribution in [0.15, 0.2) is 35.7 Å². The molecule has 0 bridgehead atoms. The van der Waals surface area contributed by atoms with E-state index >= 15 is 0 Å². The van der Waals surface area contributed by atoms with Crippen molar-refractivity contribution in [3.63, 3.8) is 0 Å². The van der Waals surface area contributed by atoms with Crippen molar-refractivity contribution in [2.24, 2.45) is 5.73 Å². The standard InChI is InChI=1S/C15H19N7OS/c1-11-18-17-10-21(11)6-7-24-15-20-19-14(9-16)22(15)12-4-3-5-13(8-12)23-2/h3-5,8,10H,6-7,9,16H2,1-2H3. The molecule has 0 spiro atoms. The van der Waals surface area contributed by atoms with E-state index in [9.17, 15) is 0 Å². The number of hydrogen-bond donors (Lipinski definition) is 1. The van der Waals surface area contributed by atoms with E-state index in [2.05, 4.69) is 20.4 Å². The fraction of sp³-hybridized carbons (Fsp3) is 0.333. The summed E-state index contributed by atoms with van der Waals surface area (Å²) in [6, 6.07) is 7.76. The Morgan fingerprint density at radius 1 is 1.25 bits per heavy atom. The van der Waals surface area contributed by atoms with Crippen LogP contribution in [-0.2, 0) is 13.1 Å². The van der Waals surface area contributed by atoms with Gasteiger partial charge >= 0.3 is 0 Å². The lowest BCUT2D eigenvalue weighted by Crippen LogP contribution is -2.08. The van der Waals surface area contributed by atoms with Crippen LogP contribution < -0.4 is 10.5 Å². The van der Waals surface area contributed by atoms with Gasteiger partial charge < -0.3 is 15.0 Å². The van der Waals surface area contributed by atoms with Crippen LogP contribution in [0.5, 0.6) is 5.75 Å². The summed E-state index contributed by atoms with van der Waals surface area (Å²) in [6.45, 7) is 3.05. The molecular formula is C15H19N7OS. The number of rotatable bonds is 7. The zero-order valence-electron chi connectivity index (χ0n) is 13.6. The van der Waals surface area contributed by atoms with Crippen molar-refractivity contribution >= 4 is 11.8 Å². The van der Waals surface area contributed by atoms with Gasteiger partial charge in [0.05, 0.1) is 19.3 Å². The average molecular weight is 345 g/mol. The van der Waals surface area contributed by atoms with Crippen LogP contribution in [0.4, 0.5) is 0 Å². The maximum Gasteiger partial charge on any atom is 0.195 e. The van der Waals surface area contributed by atoms with E-state index in [4.69, 9.17) is 10.5 Å². The number of nitrogens with two attached hydrogens (primary N) is 1. The van der Waals surface area contributed by atoms with Crippen LogP contribution in [0.1, 0.15) is 11.6 Å². The van der Waals surface area contributed by atoms with Gasteiger partial charge in [-0.2, -0.15) is 0 Å². The molecule has 0 radical (unpaired) electrons. The highest BCUT2D eigenvalue weighted by molar-refractivity contribution is 7.99. The Hall–Kier alpha value is -2.39. The van der Waals surface area contributed by atoms with Crippen molar-refractivity contribution < 1.29 is 4.74 Å². The Morgan fingerprint density at radius 3 is 2.83 bits per heavy atom. The SMILES string of the molecule is COc1cccc(-n2c(CN)nnc2SCCn2cnnc2C)c1. The normalized spacial score (nSPS) is 11.0. The summed E-state index contributed by atoms with van der Waals surface area (Å²) in [4.78, 5) is 0. The Bertz CT molecular complexity index is 814. The first-order valence-corrected chi connectivity index (χ1v) is 8.47. The van der Waals surface area contributed by atoms with Crippen molar-refractivity contribution in [2.75, 3.05) is 12.9 Å². The highest BCUT2D eigenvalue weighted by Gasteiger charge is 2.14. The first-order valence-electron chi connectivity index (χ1n) is 7.49. The van der Waals surface area contributed by atoms with Gasteiger partial charge in [0, 0.05) is 18.4 Å². The number of methoxy groups -OCH3 is 1. The van der Waals surface area contributed by atoms with Crippen LogP contribution in [0.2, 0.25) is 0 Å². The van der Waals surface area contributed by atoms with E-state index in [1.165, 1.54) is 0 Å². The van der Waals surface area contributed by atoms with Gasteiger partial charge in [-0.3, -0.25) is 4.57 Å². The number of aromatic nitrogens is 6. The average Bonchev–Trinajstić information content (AvgIpc) is 3.21. The summed E-state index contributed by atoms with van der Waals surface area (Å²) in [5.41, 5.74) is 6.75. The monoisotopic (exact) mass is 345 g/mol. The van der Waals surface area contributed by atoms with Crippen LogP contribution >= 0.6 is 11.8 Å². The van der Waals surface area contributed by atoms with Gasteiger partial charge in [0.15, 0.2) is 11.0 Å². The molecular weight excluding hydrogens is 326 g/mol. The molecule has 3 aromatic rings. The Kier molecular flexibility index (Phi) is 5.11. The lowest BCUT2D eigenvalue weighted by Gasteiger charge is -2.11. The van der Waals surface area contributed by atoms with E-state index in [0.717, 1.165) is 34.7 Å². The van der Waals surface area contributed by atoms with Gasteiger partial charge in [-0.25, -0.2) is 0 Å². The molecule has 0 amide bonds. The molecule has 0 aliphatic carbocycles. The second-order valence-electron chi connectivity index (χ2n) is 5.06. The maximum atomic E-state index is 5.81. The molecule has 0 fully saturated rings. The third-order valence-corrected chi connectivity index (χ3v) is 4.48. The van der Waals surface area contributed by atoms with Crippen LogP contribution in [0.3, 0.4) is 0 Å². The van der Waals surface area contributed by atoms with Gasteiger partial charge in [-0.1, -0.05) is 17.8 Å². The van der Waals surface area contributed by atoms with Gasteiger partial charge in [0.2, 0.25) is 0 Å². The predicted molar refractivity (Wildman–Crippen MR) is 91.3 cm³/mol. The Labute approximate surface area is 144 Å². The van der Waals surface area contributed by atoms with Crippen molar-refractivity contribution in [1.29, 1.82) is 0 Å². The Morgan fingerprint density at radius 2 is 2.12 bits per heavy atom. The molecule has 0 saturated heterocycles. The van der Waals surface area contributed by atoms with Crippen molar-refractivity contribution in [3.05, 3.63) is 42.2 Å². The number of hydrogen-bond acceptors (Lipinski definition) is 7. The van der Waals surface area contributed by atoms with Gasteiger partial charge in [0.1, 0.15) is 17.9 Å². The Balaban J connectivity index is 1.81. The zero-order chi connectivity index (χ0) is 16.9. The minimum absolute atomic E-state index is 0.315. The lowest BCUT2D eigenvalue weighted by atomic mass is 10.3. The first kappa shape index (κ1) is 16.5. The molecule has 0 unspecified atom stereocenters. The lowest BCUT2D eigenvalue weighted by molar-refractivity contribution is 0.414. The second-order valence-corrected chi connectivity index (χ2v) is 6.12. The molecule has 2 N–H and O–H groups in total. The smallest absolute Gasteiger partial charge is 0.195 e. The van der Waals surface area contributed by atoms with Crippen LogP contribution in [-0.4, -0.2) is 42.4 Å². The molecule has 8 nitrogen and oxygen atoms in total. The molecule has 9 heteroatoms. The largest absolute Gasteiger partial charge is 0.497 e. The number of ether oxygens (including phenoxy) is 1. The molecule has 2 aromatic heterocycles. The number of aryl methyl sites for hydroxylation is 2. The summed E-state index contributed by atoms with van der Waals surface area (Å²) < 4.78 is 9.27. The van der Waals surface area contributed by atoms with E-state index in [0.29, 0.717) is 12.4 Å². The van der Waals surface area contributed by atoms with Crippen LogP contribution in [0.25, 0.3) is 5.69 Å². The topological polar surface area (TPSA) is 96.7 Å². The predicted octanol–water partition coefficient (Wildman–Crippen LogP) is 1.43. The molecule has 3 rings (SSSR count). The number of thioether (sulfide) groups is 1. The highest BCUT2D eigenvalue weighted by Crippen LogP contribution is 2.24. The molecule has 126 valence electrons. The van der Waals surface area contributed by atoms with Gasteiger partial charge in [0.25, 0.3) is 0 Å². The molecule has 0 aliphatic rings. The fourth-order valence-corrected chi connectivity index (χ4v) is 3.21. The van der Waals surface area contributed by atoms with Gasteiger partial charge in [-0.15, -0.1) is 20.4 Å². The van der Waals surface area contributed by atoms with E-state index < -0.39 is 0 Å². The molecule has 0 saturated carbocycles. The van der Waals surface area contributed by atoms with Crippen molar-refractivity contribution in [1.82, 2.24) is 29.5 Å². The van der Waals surface area contributed by atoms with Crippen LogP contribution in [0, 0.1) is 6.92 Å². The summed E-state index contributed by atoms with van der Waals surface area (Å²) in [7, 11) is 1.65. The summed E-state index contributed by atoms with van der Waals surface area (Å²) >= 11 is 1.62. The number of benzene rings is 1. The second kappa shape index (κ2) is 7.45. The van der Waals surface area contributed by atoms with E-state index in [-0.39, 0.29) is 0 Å².